The van der Waals surface area contributed by atoms with Crippen LogP contribution < -0.4 is 4.72 Å². The lowest BCUT2D eigenvalue weighted by Crippen LogP contribution is -2.20. The molecule has 0 aliphatic carbocycles. The average molecular weight is 393 g/mol. The van der Waals surface area contributed by atoms with Crippen LogP contribution in [0, 0.1) is 11.6 Å². The van der Waals surface area contributed by atoms with Gasteiger partial charge in [-0.1, -0.05) is 30.0 Å². The molecule has 2 aliphatic heterocycles. The third-order valence-electron chi connectivity index (χ3n) is 3.99. The van der Waals surface area contributed by atoms with Crippen molar-refractivity contribution in [3.05, 3.63) is 65.1 Å². The van der Waals surface area contributed by atoms with Crippen molar-refractivity contribution < 1.29 is 17.2 Å². The van der Waals surface area contributed by atoms with Crippen LogP contribution in [0.25, 0.3) is 5.70 Å². The van der Waals surface area contributed by atoms with Gasteiger partial charge in [0.2, 0.25) is 0 Å². The van der Waals surface area contributed by atoms with E-state index < -0.39 is 26.6 Å². The van der Waals surface area contributed by atoms with E-state index in [1.807, 2.05) is 5.41 Å². The molecule has 4 rings (SSSR count). The molecule has 2 aliphatic rings. The third kappa shape index (κ3) is 2.97. The van der Waals surface area contributed by atoms with Gasteiger partial charge in [-0.15, -0.1) is 0 Å². The summed E-state index contributed by atoms with van der Waals surface area (Å²) in [6.45, 7) is 1.57. The predicted octanol–water partition coefficient (Wildman–Crippen LogP) is 3.48. The molecule has 0 unspecified atom stereocenters. The highest BCUT2D eigenvalue weighted by Gasteiger charge is 2.27. The molecule has 0 fully saturated rings. The Morgan fingerprint density at radius 2 is 1.77 bits per heavy atom. The van der Waals surface area contributed by atoms with Crippen LogP contribution in [0.4, 0.5) is 14.5 Å². The molecular weight excluding hydrogens is 380 g/mol. The van der Waals surface area contributed by atoms with Crippen molar-refractivity contribution in [2.45, 2.75) is 4.90 Å². The van der Waals surface area contributed by atoms with Gasteiger partial charge in [-0.25, -0.2) is 17.2 Å². The van der Waals surface area contributed by atoms with Crippen LogP contribution in [-0.4, -0.2) is 31.6 Å². The number of rotatable bonds is 4. The van der Waals surface area contributed by atoms with Crippen molar-refractivity contribution in [1.29, 1.82) is 0 Å². The average Bonchev–Trinajstić information content (AvgIpc) is 3.18. The Balaban J connectivity index is 1.57. The maximum atomic E-state index is 13.8. The van der Waals surface area contributed by atoms with Crippen molar-refractivity contribution >= 4 is 38.3 Å². The summed E-state index contributed by atoms with van der Waals surface area (Å²) in [7, 11) is -4.37. The molecule has 0 saturated carbocycles. The van der Waals surface area contributed by atoms with Crippen LogP contribution in [0.3, 0.4) is 0 Å². The lowest BCUT2D eigenvalue weighted by molar-refractivity contribution is 0.521. The Morgan fingerprint density at radius 1 is 1.08 bits per heavy atom. The van der Waals surface area contributed by atoms with Gasteiger partial charge in [0.1, 0.15) is 11.6 Å². The molecule has 0 radical (unpaired) electrons. The van der Waals surface area contributed by atoms with E-state index in [0.717, 1.165) is 47.7 Å². The van der Waals surface area contributed by atoms with Gasteiger partial charge in [-0.2, -0.15) is 0 Å². The molecular formula is C17H13F2N3O2S2. The summed E-state index contributed by atoms with van der Waals surface area (Å²) in [5.41, 5.74) is 2.13. The SMILES string of the molecule is O=S(=O)(Nc1ccc(C2=CSC3=NCCN23)cc1)c1c(F)cccc1F. The Labute approximate surface area is 153 Å². The molecule has 0 atom stereocenters. The van der Waals surface area contributed by atoms with Crippen LogP contribution >= 0.6 is 11.8 Å². The predicted molar refractivity (Wildman–Crippen MR) is 98.2 cm³/mol. The smallest absolute Gasteiger partial charge is 0.267 e. The van der Waals surface area contributed by atoms with Gasteiger partial charge in [0, 0.05) is 17.6 Å². The lowest BCUT2D eigenvalue weighted by atomic mass is 10.1. The number of amidine groups is 1. The van der Waals surface area contributed by atoms with Crippen LogP contribution in [0.15, 0.2) is 57.8 Å². The number of aliphatic imine (C=N–C) groups is 1. The largest absolute Gasteiger partial charge is 0.318 e. The maximum absolute atomic E-state index is 13.8. The van der Waals surface area contributed by atoms with Crippen LogP contribution in [0.1, 0.15) is 5.56 Å². The van der Waals surface area contributed by atoms with Gasteiger partial charge in [-0.05, 0) is 29.8 Å². The molecule has 1 N–H and O–H groups in total. The van der Waals surface area contributed by atoms with Gasteiger partial charge in [-0.3, -0.25) is 9.71 Å². The highest BCUT2D eigenvalue weighted by atomic mass is 32.2. The summed E-state index contributed by atoms with van der Waals surface area (Å²) in [5.74, 6) is -2.27. The first-order valence-corrected chi connectivity index (χ1v) is 10.1. The van der Waals surface area contributed by atoms with Crippen LogP contribution in [-0.2, 0) is 10.0 Å². The summed E-state index contributed by atoms with van der Waals surface area (Å²) >= 11 is 1.55. The zero-order valence-corrected chi connectivity index (χ0v) is 14.9. The Bertz CT molecular complexity index is 1010. The minimum Gasteiger partial charge on any atom is -0.318 e. The molecule has 0 aromatic heterocycles. The van der Waals surface area contributed by atoms with Gasteiger partial charge < -0.3 is 4.90 Å². The number of sulfonamides is 1. The molecule has 2 aromatic rings. The van der Waals surface area contributed by atoms with Gasteiger partial charge >= 0.3 is 0 Å². The molecule has 0 bridgehead atoms. The minimum absolute atomic E-state index is 0.220. The first-order chi connectivity index (χ1) is 12.5. The van der Waals surface area contributed by atoms with E-state index in [4.69, 9.17) is 0 Å². The fourth-order valence-electron chi connectivity index (χ4n) is 2.80. The summed E-state index contributed by atoms with van der Waals surface area (Å²) in [4.78, 5) is 5.49. The van der Waals surface area contributed by atoms with E-state index >= 15 is 0 Å². The van der Waals surface area contributed by atoms with Crippen molar-refractivity contribution in [2.75, 3.05) is 17.8 Å². The van der Waals surface area contributed by atoms with Gasteiger partial charge in [0.15, 0.2) is 10.1 Å². The lowest BCUT2D eigenvalue weighted by Gasteiger charge is -2.17. The maximum Gasteiger partial charge on any atom is 0.267 e. The number of hydrogen-bond donors (Lipinski definition) is 1. The normalized spacial score (nSPS) is 16.3. The number of nitrogens with one attached hydrogen (secondary N) is 1. The Kier molecular flexibility index (Phi) is 4.20. The summed E-state index contributed by atoms with van der Waals surface area (Å²) in [6.07, 6.45) is 0. The monoisotopic (exact) mass is 393 g/mol. The quantitative estimate of drug-likeness (QED) is 0.864. The highest BCUT2D eigenvalue weighted by Crippen LogP contribution is 2.35. The standard InChI is InChI=1S/C17H13F2N3O2S2/c18-13-2-1-3-14(19)16(13)26(23,24)21-12-6-4-11(5-7-12)15-10-25-17-20-8-9-22(15)17/h1-7,10,21H,8-9H2. The van der Waals surface area contributed by atoms with Crippen molar-refractivity contribution in [1.82, 2.24) is 4.90 Å². The van der Waals surface area contributed by atoms with Gasteiger partial charge in [0.05, 0.1) is 12.2 Å². The fraction of sp³-hybridized carbons (Fsp3) is 0.118. The van der Waals surface area contributed by atoms with Crippen LogP contribution in [0.2, 0.25) is 0 Å². The molecule has 9 heteroatoms. The van der Waals surface area contributed by atoms with E-state index in [9.17, 15) is 17.2 Å². The molecule has 0 spiro atoms. The third-order valence-corrected chi connectivity index (χ3v) is 6.32. The number of benzene rings is 2. The molecule has 5 nitrogen and oxygen atoms in total. The first kappa shape index (κ1) is 17.0. The van der Waals surface area contributed by atoms with Crippen molar-refractivity contribution in [3.63, 3.8) is 0 Å². The van der Waals surface area contributed by atoms with Gasteiger partial charge in [0.25, 0.3) is 10.0 Å². The zero-order chi connectivity index (χ0) is 18.3. The second-order valence-electron chi connectivity index (χ2n) is 5.67. The topological polar surface area (TPSA) is 61.8 Å². The molecule has 26 heavy (non-hydrogen) atoms. The second kappa shape index (κ2) is 6.40. The minimum atomic E-state index is -4.37. The summed E-state index contributed by atoms with van der Waals surface area (Å²) in [5, 5.41) is 2.95. The van der Waals surface area contributed by atoms with E-state index in [-0.39, 0.29) is 5.69 Å². The molecule has 0 saturated heterocycles. The summed E-state index contributed by atoms with van der Waals surface area (Å²) in [6, 6.07) is 9.54. The summed E-state index contributed by atoms with van der Waals surface area (Å²) < 4.78 is 54.3. The molecule has 2 aromatic carbocycles. The zero-order valence-electron chi connectivity index (χ0n) is 13.3. The fourth-order valence-corrected chi connectivity index (χ4v) is 4.96. The van der Waals surface area contributed by atoms with Crippen molar-refractivity contribution in [3.8, 4) is 0 Å². The van der Waals surface area contributed by atoms with Crippen LogP contribution in [0.5, 0.6) is 0 Å². The number of hydrogen-bond acceptors (Lipinski definition) is 5. The van der Waals surface area contributed by atoms with E-state index in [0.29, 0.717) is 0 Å². The number of anilines is 1. The van der Waals surface area contributed by atoms with Crippen molar-refractivity contribution in [2.24, 2.45) is 4.99 Å². The highest BCUT2D eigenvalue weighted by molar-refractivity contribution is 8.16. The van der Waals surface area contributed by atoms with E-state index in [2.05, 4.69) is 14.6 Å². The number of halogens is 2. The Morgan fingerprint density at radius 3 is 2.46 bits per heavy atom. The van der Waals surface area contributed by atoms with E-state index in [1.165, 1.54) is 0 Å². The second-order valence-corrected chi connectivity index (χ2v) is 8.13. The first-order valence-electron chi connectivity index (χ1n) is 7.72. The Hall–Kier alpha value is -2.39. The molecule has 0 amide bonds. The molecule has 134 valence electrons. The number of nitrogens with zero attached hydrogens (tertiary/aromatic N) is 2. The number of thioether (sulfide) groups is 1. The molecule has 2 heterocycles. The number of fused-ring (bicyclic) bond motifs is 1. The van der Waals surface area contributed by atoms with E-state index in [1.54, 1.807) is 36.0 Å².